The standard InChI is InChI=1S/C14H12F3N5OS/c15-14(16,17)6-9-19-11(18)10-12(20-9)21(13(23)22(10)24)7-8-4-2-1-3-5-8/h1-5,24H,6-7H2,(H2,18,19,20). The lowest BCUT2D eigenvalue weighted by atomic mass is 10.2. The molecule has 2 N–H and O–H groups in total. The molecule has 3 rings (SSSR count). The van der Waals surface area contributed by atoms with Crippen molar-refractivity contribution in [3.8, 4) is 0 Å². The molecular formula is C14H12F3N5OS. The van der Waals surface area contributed by atoms with Crippen molar-refractivity contribution >= 4 is 29.8 Å². The van der Waals surface area contributed by atoms with Gasteiger partial charge in [-0.2, -0.15) is 13.2 Å². The fraction of sp³-hybridized carbons (Fsp3) is 0.214. The van der Waals surface area contributed by atoms with Gasteiger partial charge in [-0.05, 0) is 5.56 Å². The summed E-state index contributed by atoms with van der Waals surface area (Å²) in [4.78, 5) is 19.9. The first-order valence-corrected chi connectivity index (χ1v) is 7.24. The molecule has 6 nitrogen and oxygen atoms in total. The molecule has 1 aromatic carbocycles. The minimum atomic E-state index is -4.48. The van der Waals surface area contributed by atoms with Crippen LogP contribution in [0.5, 0.6) is 0 Å². The van der Waals surface area contributed by atoms with Crippen molar-refractivity contribution < 1.29 is 13.2 Å². The van der Waals surface area contributed by atoms with Crippen LogP contribution in [0.15, 0.2) is 35.1 Å². The number of aromatic nitrogens is 4. The van der Waals surface area contributed by atoms with Crippen molar-refractivity contribution in [1.29, 1.82) is 0 Å². The number of benzene rings is 1. The van der Waals surface area contributed by atoms with Crippen LogP contribution in [-0.2, 0) is 13.0 Å². The predicted octanol–water partition coefficient (Wildman–Crippen LogP) is 2.02. The lowest BCUT2D eigenvalue weighted by Gasteiger charge is -2.07. The molecule has 0 saturated heterocycles. The van der Waals surface area contributed by atoms with Gasteiger partial charge in [-0.1, -0.05) is 43.1 Å². The van der Waals surface area contributed by atoms with E-state index in [0.717, 1.165) is 9.54 Å². The van der Waals surface area contributed by atoms with Crippen LogP contribution in [0.3, 0.4) is 0 Å². The monoisotopic (exact) mass is 355 g/mol. The molecule has 0 radical (unpaired) electrons. The molecule has 0 saturated carbocycles. The molecule has 10 heteroatoms. The van der Waals surface area contributed by atoms with Crippen molar-refractivity contribution in [3.05, 3.63) is 52.2 Å². The number of fused-ring (bicyclic) bond motifs is 1. The molecule has 2 heterocycles. The van der Waals surface area contributed by atoms with E-state index in [2.05, 4.69) is 22.8 Å². The van der Waals surface area contributed by atoms with Crippen LogP contribution in [0.2, 0.25) is 0 Å². The number of nitrogens with two attached hydrogens (primary N) is 1. The van der Waals surface area contributed by atoms with E-state index in [1.807, 2.05) is 6.07 Å². The fourth-order valence-electron chi connectivity index (χ4n) is 2.37. The quantitative estimate of drug-likeness (QED) is 0.705. The van der Waals surface area contributed by atoms with Crippen LogP contribution in [0.25, 0.3) is 11.2 Å². The Morgan fingerprint density at radius 1 is 1.17 bits per heavy atom. The van der Waals surface area contributed by atoms with Gasteiger partial charge in [-0.25, -0.2) is 18.7 Å². The van der Waals surface area contributed by atoms with Gasteiger partial charge in [0.1, 0.15) is 17.8 Å². The summed E-state index contributed by atoms with van der Waals surface area (Å²) in [5, 5.41) is 0. The van der Waals surface area contributed by atoms with Gasteiger partial charge in [0.05, 0.1) is 6.54 Å². The van der Waals surface area contributed by atoms with Crippen LogP contribution < -0.4 is 11.4 Å². The molecule has 0 aliphatic rings. The SMILES string of the molecule is Nc1nc(CC(F)(F)F)nc2c1n(S)c(=O)n2Cc1ccccc1. The van der Waals surface area contributed by atoms with E-state index in [1.54, 1.807) is 24.3 Å². The van der Waals surface area contributed by atoms with Gasteiger partial charge in [0.25, 0.3) is 0 Å². The van der Waals surface area contributed by atoms with Crippen LogP contribution in [0.1, 0.15) is 11.4 Å². The second-order valence-corrected chi connectivity index (χ2v) is 5.56. The zero-order valence-electron chi connectivity index (χ0n) is 12.2. The molecule has 0 spiro atoms. The van der Waals surface area contributed by atoms with Crippen LogP contribution in [0, 0.1) is 0 Å². The fourth-order valence-corrected chi connectivity index (χ4v) is 2.67. The van der Waals surface area contributed by atoms with Crippen LogP contribution in [-0.4, -0.2) is 24.7 Å². The van der Waals surface area contributed by atoms with Gasteiger partial charge in [-0.3, -0.25) is 4.57 Å². The molecule has 0 fully saturated rings. The molecule has 0 unspecified atom stereocenters. The van der Waals surface area contributed by atoms with E-state index in [4.69, 9.17) is 5.73 Å². The number of hydrogen-bond acceptors (Lipinski definition) is 5. The van der Waals surface area contributed by atoms with E-state index in [0.29, 0.717) is 0 Å². The summed E-state index contributed by atoms with van der Waals surface area (Å²) in [6.07, 6.45) is -5.81. The highest BCUT2D eigenvalue weighted by Gasteiger charge is 2.30. The first-order valence-electron chi connectivity index (χ1n) is 6.84. The number of nitrogens with zero attached hydrogens (tertiary/aromatic N) is 4. The second kappa shape index (κ2) is 5.86. The first-order chi connectivity index (χ1) is 11.3. The Balaban J connectivity index is 2.17. The Kier molecular flexibility index (Phi) is 3.99. The zero-order chi connectivity index (χ0) is 17.5. The Labute approximate surface area is 139 Å². The van der Waals surface area contributed by atoms with Crippen LogP contribution >= 0.6 is 12.8 Å². The van der Waals surface area contributed by atoms with E-state index < -0.39 is 24.1 Å². The Bertz CT molecular complexity index is 949. The normalized spacial score (nSPS) is 12.0. The van der Waals surface area contributed by atoms with E-state index in [-0.39, 0.29) is 23.5 Å². The summed E-state index contributed by atoms with van der Waals surface area (Å²) in [6, 6.07) is 8.97. The number of thiol groups is 1. The van der Waals surface area contributed by atoms with Crippen LogP contribution in [0.4, 0.5) is 19.0 Å². The molecule has 0 aliphatic heterocycles. The molecule has 24 heavy (non-hydrogen) atoms. The zero-order valence-corrected chi connectivity index (χ0v) is 13.1. The molecule has 3 aromatic rings. The molecule has 2 aromatic heterocycles. The summed E-state index contributed by atoms with van der Waals surface area (Å²) in [5.74, 6) is -0.716. The number of alkyl halides is 3. The van der Waals surface area contributed by atoms with E-state index in [9.17, 15) is 18.0 Å². The maximum atomic E-state index is 12.6. The molecule has 0 amide bonds. The van der Waals surface area contributed by atoms with E-state index in [1.165, 1.54) is 4.57 Å². The van der Waals surface area contributed by atoms with E-state index >= 15 is 0 Å². The number of anilines is 1. The minimum Gasteiger partial charge on any atom is -0.382 e. The van der Waals surface area contributed by atoms with Gasteiger partial charge < -0.3 is 5.73 Å². The maximum absolute atomic E-state index is 12.6. The number of halogens is 3. The van der Waals surface area contributed by atoms with Crippen molar-refractivity contribution in [3.63, 3.8) is 0 Å². The summed E-state index contributed by atoms with van der Waals surface area (Å²) in [6.45, 7) is 0.131. The molecule has 126 valence electrons. The van der Waals surface area contributed by atoms with Gasteiger partial charge >= 0.3 is 11.9 Å². The lowest BCUT2D eigenvalue weighted by molar-refractivity contribution is -0.128. The summed E-state index contributed by atoms with van der Waals surface area (Å²) >= 11 is 4.04. The first kappa shape index (κ1) is 16.4. The van der Waals surface area contributed by atoms with Crippen molar-refractivity contribution in [2.75, 3.05) is 5.73 Å². The number of imidazole rings is 1. The van der Waals surface area contributed by atoms with Gasteiger partial charge in [0, 0.05) is 0 Å². The summed E-state index contributed by atoms with van der Waals surface area (Å²) in [5.41, 5.74) is 6.05. The highest BCUT2D eigenvalue weighted by Crippen LogP contribution is 2.23. The van der Waals surface area contributed by atoms with Gasteiger partial charge in [-0.15, -0.1) is 0 Å². The molecular weight excluding hydrogens is 343 g/mol. The average Bonchev–Trinajstić information content (AvgIpc) is 2.72. The summed E-state index contributed by atoms with van der Waals surface area (Å²) < 4.78 is 39.9. The van der Waals surface area contributed by atoms with Gasteiger partial charge in [0.2, 0.25) is 0 Å². The Morgan fingerprint density at radius 3 is 2.46 bits per heavy atom. The Hall–Kier alpha value is -2.49. The minimum absolute atomic E-state index is 0.0191. The lowest BCUT2D eigenvalue weighted by Crippen LogP contribution is -2.21. The maximum Gasteiger partial charge on any atom is 0.396 e. The third kappa shape index (κ3) is 3.09. The van der Waals surface area contributed by atoms with Crippen molar-refractivity contribution in [2.24, 2.45) is 0 Å². The average molecular weight is 355 g/mol. The Morgan fingerprint density at radius 2 is 1.83 bits per heavy atom. The number of nitrogen functional groups attached to an aromatic ring is 1. The smallest absolute Gasteiger partial charge is 0.382 e. The third-order valence-corrected chi connectivity index (χ3v) is 3.73. The summed E-state index contributed by atoms with van der Waals surface area (Å²) in [7, 11) is 0. The van der Waals surface area contributed by atoms with Gasteiger partial charge in [0.15, 0.2) is 11.5 Å². The van der Waals surface area contributed by atoms with Crippen molar-refractivity contribution in [2.45, 2.75) is 19.1 Å². The highest BCUT2D eigenvalue weighted by molar-refractivity contribution is 7.78. The second-order valence-electron chi connectivity index (χ2n) is 5.16. The third-order valence-electron chi connectivity index (χ3n) is 3.36. The molecule has 0 bridgehead atoms. The topological polar surface area (TPSA) is 78.7 Å². The number of rotatable bonds is 3. The highest BCUT2D eigenvalue weighted by atomic mass is 32.1. The molecule has 0 aliphatic carbocycles. The molecule has 0 atom stereocenters. The largest absolute Gasteiger partial charge is 0.396 e. The van der Waals surface area contributed by atoms with Crippen molar-refractivity contribution in [1.82, 2.24) is 18.5 Å². The predicted molar refractivity (Wildman–Crippen MR) is 85.9 cm³/mol. The number of hydrogen-bond donors (Lipinski definition) is 2.